The van der Waals surface area contributed by atoms with Crippen molar-refractivity contribution in [3.8, 4) is 0 Å². The minimum Gasteiger partial charge on any atom is -0.368 e. The predicted octanol–water partition coefficient (Wildman–Crippen LogP) is 3.28. The highest BCUT2D eigenvalue weighted by molar-refractivity contribution is 6.30. The standard InChI is InChI=1S/C17H22ClN5/c1-13(2)20-17-19-7-6-16(21-17)23-10-8-22(9-11-23)15-5-3-4-14(18)12-15/h3-7,12-13H,8-11H2,1-2H3,(H,19,20,21). The van der Waals surface area contributed by atoms with Crippen LogP contribution in [0.25, 0.3) is 0 Å². The highest BCUT2D eigenvalue weighted by atomic mass is 35.5. The van der Waals surface area contributed by atoms with Crippen LogP contribution in [0.15, 0.2) is 36.5 Å². The maximum Gasteiger partial charge on any atom is 0.224 e. The molecule has 6 heteroatoms. The number of nitrogens with zero attached hydrogens (tertiary/aromatic N) is 4. The zero-order valence-corrected chi connectivity index (χ0v) is 14.3. The number of rotatable bonds is 4. The van der Waals surface area contributed by atoms with E-state index in [1.54, 1.807) is 0 Å². The molecule has 0 unspecified atom stereocenters. The lowest BCUT2D eigenvalue weighted by atomic mass is 10.2. The number of hydrogen-bond donors (Lipinski definition) is 1. The lowest BCUT2D eigenvalue weighted by Crippen LogP contribution is -2.46. The zero-order chi connectivity index (χ0) is 16.2. The first-order valence-corrected chi connectivity index (χ1v) is 8.34. The summed E-state index contributed by atoms with van der Waals surface area (Å²) in [5.74, 6) is 1.67. The highest BCUT2D eigenvalue weighted by Gasteiger charge is 2.19. The van der Waals surface area contributed by atoms with Gasteiger partial charge in [-0.2, -0.15) is 4.98 Å². The van der Waals surface area contributed by atoms with Crippen LogP contribution in [-0.2, 0) is 0 Å². The van der Waals surface area contributed by atoms with E-state index in [-0.39, 0.29) is 0 Å². The van der Waals surface area contributed by atoms with Gasteiger partial charge in [0, 0.05) is 49.1 Å². The Hall–Kier alpha value is -2.01. The summed E-state index contributed by atoms with van der Waals surface area (Å²) in [6.45, 7) is 7.95. The van der Waals surface area contributed by atoms with Crippen LogP contribution in [0.3, 0.4) is 0 Å². The molecule has 1 saturated heterocycles. The molecule has 23 heavy (non-hydrogen) atoms. The van der Waals surface area contributed by atoms with Crippen molar-refractivity contribution in [3.63, 3.8) is 0 Å². The average molecular weight is 332 g/mol. The van der Waals surface area contributed by atoms with Gasteiger partial charge in [0.1, 0.15) is 5.82 Å². The second-order valence-electron chi connectivity index (χ2n) is 5.99. The number of piperazine rings is 1. The molecule has 122 valence electrons. The van der Waals surface area contributed by atoms with Gasteiger partial charge in [-0.3, -0.25) is 0 Å². The minimum absolute atomic E-state index is 0.324. The zero-order valence-electron chi connectivity index (χ0n) is 13.5. The summed E-state index contributed by atoms with van der Waals surface area (Å²) < 4.78 is 0. The van der Waals surface area contributed by atoms with E-state index < -0.39 is 0 Å². The summed E-state index contributed by atoms with van der Waals surface area (Å²) >= 11 is 6.09. The van der Waals surface area contributed by atoms with Crippen LogP contribution in [0.5, 0.6) is 0 Å². The van der Waals surface area contributed by atoms with E-state index in [9.17, 15) is 0 Å². The maximum atomic E-state index is 6.09. The first-order chi connectivity index (χ1) is 11.1. The molecule has 1 aliphatic heterocycles. The van der Waals surface area contributed by atoms with Gasteiger partial charge in [0.05, 0.1) is 0 Å². The van der Waals surface area contributed by atoms with Gasteiger partial charge in [-0.1, -0.05) is 17.7 Å². The molecular formula is C17H22ClN5. The van der Waals surface area contributed by atoms with Gasteiger partial charge in [-0.05, 0) is 38.1 Å². The summed E-state index contributed by atoms with van der Waals surface area (Å²) in [4.78, 5) is 13.5. The van der Waals surface area contributed by atoms with Crippen molar-refractivity contribution in [3.05, 3.63) is 41.6 Å². The molecule has 5 nitrogen and oxygen atoms in total. The number of nitrogens with one attached hydrogen (secondary N) is 1. The summed E-state index contributed by atoms with van der Waals surface area (Å²) in [6, 6.07) is 10.3. The van der Waals surface area contributed by atoms with Crippen molar-refractivity contribution in [1.29, 1.82) is 0 Å². The smallest absolute Gasteiger partial charge is 0.224 e. The van der Waals surface area contributed by atoms with Crippen LogP contribution >= 0.6 is 11.6 Å². The Morgan fingerprint density at radius 2 is 1.83 bits per heavy atom. The second-order valence-corrected chi connectivity index (χ2v) is 6.43. The van der Waals surface area contributed by atoms with Crippen LogP contribution < -0.4 is 15.1 Å². The van der Waals surface area contributed by atoms with E-state index >= 15 is 0 Å². The fourth-order valence-electron chi connectivity index (χ4n) is 2.72. The van der Waals surface area contributed by atoms with Gasteiger partial charge in [-0.15, -0.1) is 0 Å². The summed E-state index contributed by atoms with van der Waals surface area (Å²) in [5.41, 5.74) is 1.18. The summed E-state index contributed by atoms with van der Waals surface area (Å²) in [7, 11) is 0. The monoisotopic (exact) mass is 331 g/mol. The fourth-order valence-corrected chi connectivity index (χ4v) is 2.90. The van der Waals surface area contributed by atoms with Crippen LogP contribution in [0.4, 0.5) is 17.5 Å². The Balaban J connectivity index is 1.65. The molecule has 0 radical (unpaired) electrons. The van der Waals surface area contributed by atoms with Crippen LogP contribution in [-0.4, -0.2) is 42.2 Å². The highest BCUT2D eigenvalue weighted by Crippen LogP contribution is 2.22. The van der Waals surface area contributed by atoms with Crippen molar-refractivity contribution in [2.24, 2.45) is 0 Å². The molecule has 0 spiro atoms. The molecule has 3 rings (SSSR count). The van der Waals surface area contributed by atoms with E-state index in [2.05, 4.69) is 45.0 Å². The maximum absolute atomic E-state index is 6.09. The van der Waals surface area contributed by atoms with E-state index in [1.165, 1.54) is 5.69 Å². The van der Waals surface area contributed by atoms with Crippen molar-refractivity contribution in [1.82, 2.24) is 9.97 Å². The van der Waals surface area contributed by atoms with E-state index in [0.717, 1.165) is 37.0 Å². The predicted molar refractivity (Wildman–Crippen MR) is 96.7 cm³/mol. The SMILES string of the molecule is CC(C)Nc1nccc(N2CCN(c3cccc(Cl)c3)CC2)n1. The first-order valence-electron chi connectivity index (χ1n) is 7.97. The van der Waals surface area contributed by atoms with Crippen molar-refractivity contribution < 1.29 is 0 Å². The van der Waals surface area contributed by atoms with Crippen LogP contribution in [0.2, 0.25) is 5.02 Å². The number of anilines is 3. The second kappa shape index (κ2) is 7.04. The molecule has 0 atom stereocenters. The third-order valence-corrected chi connectivity index (χ3v) is 4.07. The summed E-state index contributed by atoms with van der Waals surface area (Å²) in [6.07, 6.45) is 1.82. The Morgan fingerprint density at radius 3 is 2.52 bits per heavy atom. The Kier molecular flexibility index (Phi) is 4.86. The molecular weight excluding hydrogens is 310 g/mol. The summed E-state index contributed by atoms with van der Waals surface area (Å²) in [5, 5.41) is 4.03. The van der Waals surface area contributed by atoms with Crippen molar-refractivity contribution in [2.75, 3.05) is 41.3 Å². The quantitative estimate of drug-likeness (QED) is 0.931. The van der Waals surface area contributed by atoms with Crippen LogP contribution in [0.1, 0.15) is 13.8 Å². The van der Waals surface area contributed by atoms with E-state index in [1.807, 2.05) is 30.5 Å². The number of aromatic nitrogens is 2. The molecule has 1 N–H and O–H groups in total. The number of hydrogen-bond acceptors (Lipinski definition) is 5. The number of benzene rings is 1. The average Bonchev–Trinajstić information content (AvgIpc) is 2.55. The first kappa shape index (κ1) is 15.9. The molecule has 0 bridgehead atoms. The normalized spacial score (nSPS) is 15.1. The van der Waals surface area contributed by atoms with E-state index in [4.69, 9.17) is 11.6 Å². The lowest BCUT2D eigenvalue weighted by Gasteiger charge is -2.36. The molecule has 2 aromatic rings. The third-order valence-electron chi connectivity index (χ3n) is 3.84. The third kappa shape index (κ3) is 4.05. The van der Waals surface area contributed by atoms with Crippen molar-refractivity contribution in [2.45, 2.75) is 19.9 Å². The lowest BCUT2D eigenvalue weighted by molar-refractivity contribution is 0.647. The minimum atomic E-state index is 0.324. The molecule has 0 amide bonds. The van der Waals surface area contributed by atoms with Gasteiger partial charge in [0.25, 0.3) is 0 Å². The van der Waals surface area contributed by atoms with E-state index in [0.29, 0.717) is 12.0 Å². The van der Waals surface area contributed by atoms with Crippen LogP contribution in [0, 0.1) is 0 Å². The molecule has 1 aromatic heterocycles. The van der Waals surface area contributed by atoms with Gasteiger partial charge in [-0.25, -0.2) is 4.98 Å². The molecule has 0 saturated carbocycles. The Labute approximate surface area is 142 Å². The molecule has 1 aromatic carbocycles. The van der Waals surface area contributed by atoms with Crippen molar-refractivity contribution >= 4 is 29.1 Å². The number of halogens is 1. The molecule has 1 fully saturated rings. The fraction of sp³-hybridized carbons (Fsp3) is 0.412. The molecule has 0 aliphatic carbocycles. The largest absolute Gasteiger partial charge is 0.368 e. The van der Waals surface area contributed by atoms with Gasteiger partial charge < -0.3 is 15.1 Å². The van der Waals surface area contributed by atoms with Gasteiger partial charge in [0.2, 0.25) is 5.95 Å². The topological polar surface area (TPSA) is 44.3 Å². The Bertz CT molecular complexity index is 653. The Morgan fingerprint density at radius 1 is 1.09 bits per heavy atom. The van der Waals surface area contributed by atoms with Gasteiger partial charge >= 0.3 is 0 Å². The van der Waals surface area contributed by atoms with Gasteiger partial charge in [0.15, 0.2) is 0 Å². The molecule has 1 aliphatic rings. The molecule has 2 heterocycles.